The Balaban J connectivity index is 2.65. The molecule has 0 radical (unpaired) electrons. The number of benzene rings is 1. The van der Waals surface area contributed by atoms with Crippen LogP contribution in [-0.2, 0) is 0 Å². The molecule has 0 heterocycles. The van der Waals surface area contributed by atoms with E-state index in [1.165, 1.54) is 0 Å². The number of halogens is 1. The van der Waals surface area contributed by atoms with Gasteiger partial charge in [-0.05, 0) is 43.5 Å². The number of unbranched alkanes of at least 4 members (excludes halogenated alkanes) is 1. The second kappa shape index (κ2) is 6.64. The van der Waals surface area contributed by atoms with E-state index in [4.69, 9.17) is 0 Å². The Morgan fingerprint density at radius 3 is 2.41 bits per heavy atom. The molecule has 17 heavy (non-hydrogen) atoms. The third-order valence-corrected chi connectivity index (χ3v) is 3.01. The fraction of sp³-hybridized carbons (Fsp3) is 0.462. The Morgan fingerprint density at radius 1 is 1.29 bits per heavy atom. The molecule has 0 aliphatic heterocycles. The summed E-state index contributed by atoms with van der Waals surface area (Å²) in [6.45, 7) is 6.79. The Labute approximate surface area is 111 Å². The van der Waals surface area contributed by atoms with Gasteiger partial charge in [0.1, 0.15) is 0 Å². The van der Waals surface area contributed by atoms with Crippen molar-refractivity contribution >= 4 is 27.6 Å². The number of rotatable bonds is 4. The Bertz CT molecular complexity index is 381. The van der Waals surface area contributed by atoms with Crippen molar-refractivity contribution in [2.75, 3.05) is 11.9 Å². The zero-order valence-corrected chi connectivity index (χ0v) is 12.1. The van der Waals surface area contributed by atoms with E-state index in [-0.39, 0.29) is 6.03 Å². The van der Waals surface area contributed by atoms with Gasteiger partial charge < -0.3 is 10.6 Å². The number of anilines is 1. The van der Waals surface area contributed by atoms with Gasteiger partial charge >= 0.3 is 6.03 Å². The molecule has 0 aliphatic rings. The third-order valence-electron chi connectivity index (χ3n) is 2.55. The van der Waals surface area contributed by atoms with Crippen LogP contribution in [0.15, 0.2) is 16.6 Å². The topological polar surface area (TPSA) is 41.1 Å². The number of amides is 2. The second-order valence-corrected chi connectivity index (χ2v) is 5.06. The highest BCUT2D eigenvalue weighted by Gasteiger charge is 2.07. The standard InChI is InChI=1S/C13H19BrN2O/c1-4-5-6-15-13(17)16-12-9(2)7-11(14)8-10(12)3/h7-8H,4-6H2,1-3H3,(H2,15,16,17). The van der Waals surface area contributed by atoms with Crippen LogP contribution in [0.2, 0.25) is 0 Å². The minimum Gasteiger partial charge on any atom is -0.338 e. The number of hydrogen-bond donors (Lipinski definition) is 2. The van der Waals surface area contributed by atoms with E-state index in [9.17, 15) is 4.79 Å². The highest BCUT2D eigenvalue weighted by Crippen LogP contribution is 2.24. The monoisotopic (exact) mass is 298 g/mol. The predicted molar refractivity (Wildman–Crippen MR) is 75.5 cm³/mol. The average Bonchev–Trinajstić information content (AvgIpc) is 2.24. The predicted octanol–water partition coefficient (Wildman–Crippen LogP) is 3.99. The third kappa shape index (κ3) is 4.38. The first-order valence-electron chi connectivity index (χ1n) is 5.86. The largest absolute Gasteiger partial charge is 0.338 e. The molecule has 3 nitrogen and oxygen atoms in total. The first-order valence-corrected chi connectivity index (χ1v) is 6.65. The lowest BCUT2D eigenvalue weighted by atomic mass is 10.1. The average molecular weight is 299 g/mol. The summed E-state index contributed by atoms with van der Waals surface area (Å²) in [6.07, 6.45) is 2.09. The van der Waals surface area contributed by atoms with Crippen LogP contribution in [0.5, 0.6) is 0 Å². The highest BCUT2D eigenvalue weighted by molar-refractivity contribution is 9.10. The minimum atomic E-state index is -0.132. The molecule has 0 aliphatic carbocycles. The van der Waals surface area contributed by atoms with E-state index < -0.39 is 0 Å². The number of urea groups is 1. The molecule has 4 heteroatoms. The molecule has 2 N–H and O–H groups in total. The molecule has 94 valence electrons. The number of aryl methyl sites for hydroxylation is 2. The van der Waals surface area contributed by atoms with Gasteiger partial charge in [-0.25, -0.2) is 4.79 Å². The van der Waals surface area contributed by atoms with Gasteiger partial charge in [-0.1, -0.05) is 29.3 Å². The van der Waals surface area contributed by atoms with E-state index in [0.29, 0.717) is 0 Å². The van der Waals surface area contributed by atoms with Gasteiger partial charge in [-0.2, -0.15) is 0 Å². The first-order chi connectivity index (χ1) is 8.04. The van der Waals surface area contributed by atoms with Crippen molar-refractivity contribution in [3.63, 3.8) is 0 Å². The number of carbonyl (C=O) groups excluding carboxylic acids is 1. The molecule has 1 aromatic rings. The Kier molecular flexibility index (Phi) is 5.48. The maximum Gasteiger partial charge on any atom is 0.319 e. The van der Waals surface area contributed by atoms with Crippen molar-refractivity contribution < 1.29 is 4.79 Å². The molecule has 2 amide bonds. The van der Waals surface area contributed by atoms with Crippen molar-refractivity contribution in [3.8, 4) is 0 Å². The first kappa shape index (κ1) is 14.0. The van der Waals surface area contributed by atoms with E-state index in [1.54, 1.807) is 0 Å². The van der Waals surface area contributed by atoms with Gasteiger partial charge in [0.15, 0.2) is 0 Å². The SMILES string of the molecule is CCCCNC(=O)Nc1c(C)cc(Br)cc1C. The summed E-state index contributed by atoms with van der Waals surface area (Å²) < 4.78 is 1.03. The van der Waals surface area contributed by atoms with Crippen molar-refractivity contribution in [3.05, 3.63) is 27.7 Å². The van der Waals surface area contributed by atoms with Crippen LogP contribution < -0.4 is 10.6 Å². The molecule has 0 saturated heterocycles. The van der Waals surface area contributed by atoms with E-state index in [2.05, 4.69) is 33.5 Å². The van der Waals surface area contributed by atoms with Crippen LogP contribution in [0.4, 0.5) is 10.5 Å². The maximum absolute atomic E-state index is 11.6. The summed E-state index contributed by atoms with van der Waals surface area (Å²) in [5.41, 5.74) is 3.01. The normalized spacial score (nSPS) is 10.1. The Morgan fingerprint density at radius 2 is 1.88 bits per heavy atom. The number of carbonyl (C=O) groups is 1. The van der Waals surface area contributed by atoms with Gasteiger partial charge in [0.05, 0.1) is 0 Å². The zero-order chi connectivity index (χ0) is 12.8. The highest BCUT2D eigenvalue weighted by atomic mass is 79.9. The summed E-state index contributed by atoms with van der Waals surface area (Å²) in [4.78, 5) is 11.6. The van der Waals surface area contributed by atoms with E-state index in [1.807, 2.05) is 26.0 Å². The molecule has 1 rings (SSSR count). The van der Waals surface area contributed by atoms with Crippen molar-refractivity contribution in [2.45, 2.75) is 33.6 Å². The van der Waals surface area contributed by atoms with Crippen LogP contribution in [0.3, 0.4) is 0 Å². The van der Waals surface area contributed by atoms with Crippen LogP contribution in [-0.4, -0.2) is 12.6 Å². The molecular weight excluding hydrogens is 280 g/mol. The summed E-state index contributed by atoms with van der Waals surface area (Å²) in [7, 11) is 0. The maximum atomic E-state index is 11.6. The molecule has 0 fully saturated rings. The van der Waals surface area contributed by atoms with Gasteiger partial charge in [-0.15, -0.1) is 0 Å². The molecule has 1 aromatic carbocycles. The fourth-order valence-electron chi connectivity index (χ4n) is 1.64. The smallest absolute Gasteiger partial charge is 0.319 e. The van der Waals surface area contributed by atoms with Crippen LogP contribution >= 0.6 is 15.9 Å². The Hall–Kier alpha value is -1.03. The van der Waals surface area contributed by atoms with Crippen LogP contribution in [0.25, 0.3) is 0 Å². The fourth-order valence-corrected chi connectivity index (χ4v) is 2.33. The van der Waals surface area contributed by atoms with Gasteiger partial charge in [0.25, 0.3) is 0 Å². The number of nitrogens with one attached hydrogen (secondary N) is 2. The molecule has 0 aromatic heterocycles. The molecular formula is C13H19BrN2O. The van der Waals surface area contributed by atoms with Crippen molar-refractivity contribution in [2.24, 2.45) is 0 Å². The van der Waals surface area contributed by atoms with Crippen molar-refractivity contribution in [1.29, 1.82) is 0 Å². The van der Waals surface area contributed by atoms with Crippen LogP contribution in [0.1, 0.15) is 30.9 Å². The molecule has 0 spiro atoms. The minimum absolute atomic E-state index is 0.132. The second-order valence-electron chi connectivity index (χ2n) is 4.15. The lowest BCUT2D eigenvalue weighted by molar-refractivity contribution is 0.252. The lowest BCUT2D eigenvalue weighted by Gasteiger charge is -2.13. The van der Waals surface area contributed by atoms with Gasteiger partial charge in [-0.3, -0.25) is 0 Å². The van der Waals surface area contributed by atoms with Crippen molar-refractivity contribution in [1.82, 2.24) is 5.32 Å². The van der Waals surface area contributed by atoms with Gasteiger partial charge in [0.2, 0.25) is 0 Å². The van der Waals surface area contributed by atoms with E-state index in [0.717, 1.165) is 40.7 Å². The van der Waals surface area contributed by atoms with Gasteiger partial charge in [0, 0.05) is 16.7 Å². The molecule has 0 saturated carbocycles. The summed E-state index contributed by atoms with van der Waals surface area (Å²) in [6, 6.07) is 3.86. The van der Waals surface area contributed by atoms with Crippen LogP contribution in [0, 0.1) is 13.8 Å². The summed E-state index contributed by atoms with van der Waals surface area (Å²) in [5.74, 6) is 0. The molecule has 0 atom stereocenters. The lowest BCUT2D eigenvalue weighted by Crippen LogP contribution is -2.30. The van der Waals surface area contributed by atoms with E-state index >= 15 is 0 Å². The molecule has 0 bridgehead atoms. The zero-order valence-electron chi connectivity index (χ0n) is 10.6. The molecule has 0 unspecified atom stereocenters. The quantitative estimate of drug-likeness (QED) is 0.811. The number of hydrogen-bond acceptors (Lipinski definition) is 1. The summed E-state index contributed by atoms with van der Waals surface area (Å²) in [5, 5.41) is 5.73. The summed E-state index contributed by atoms with van der Waals surface area (Å²) >= 11 is 3.44.